The van der Waals surface area contributed by atoms with E-state index in [9.17, 15) is 9.59 Å². The van der Waals surface area contributed by atoms with Gasteiger partial charge in [0.1, 0.15) is 11.4 Å². The Morgan fingerprint density at radius 3 is 2.25 bits per heavy atom. The largest absolute Gasteiger partial charge is 0.497 e. The smallest absolute Gasteiger partial charge is 0.282 e. The second kappa shape index (κ2) is 8.89. The molecule has 2 amide bonds. The third-order valence-electron chi connectivity index (χ3n) is 5.56. The maximum atomic E-state index is 13.7. The van der Waals surface area contributed by atoms with E-state index in [1.165, 1.54) is 4.90 Å². The number of rotatable bonds is 6. The summed E-state index contributed by atoms with van der Waals surface area (Å²) in [5.74, 6) is -0.0714. The summed E-state index contributed by atoms with van der Waals surface area (Å²) in [5.41, 5.74) is 3.56. The van der Waals surface area contributed by atoms with Gasteiger partial charge in [-0.1, -0.05) is 60.1 Å². The number of hydrogen-bond donors (Lipinski definition) is 0. The van der Waals surface area contributed by atoms with E-state index >= 15 is 0 Å². The average molecular weight is 447 g/mol. The van der Waals surface area contributed by atoms with Gasteiger partial charge in [0.15, 0.2) is 0 Å². The van der Waals surface area contributed by atoms with Crippen molar-refractivity contribution in [2.24, 2.45) is 0 Å². The van der Waals surface area contributed by atoms with Gasteiger partial charge in [-0.3, -0.25) is 9.59 Å². The number of imide groups is 1. The summed E-state index contributed by atoms with van der Waals surface area (Å²) in [5, 5.41) is 0.500. The van der Waals surface area contributed by atoms with Crippen molar-refractivity contribution in [3.05, 3.63) is 100 Å². The fraction of sp³-hybridized carbons (Fsp3) is 0.154. The van der Waals surface area contributed by atoms with E-state index in [2.05, 4.69) is 0 Å². The number of likely N-dealkylation sites (N-methyl/N-ethyl adjacent to an activating group) is 1. The maximum Gasteiger partial charge on any atom is 0.282 e. The molecule has 0 spiro atoms. The summed E-state index contributed by atoms with van der Waals surface area (Å²) in [4.78, 5) is 30.4. The van der Waals surface area contributed by atoms with Gasteiger partial charge in [-0.2, -0.15) is 0 Å². The number of ether oxygens (including phenoxy) is 1. The molecule has 1 aliphatic heterocycles. The van der Waals surface area contributed by atoms with Crippen molar-refractivity contribution in [2.75, 3.05) is 19.1 Å². The Morgan fingerprint density at radius 1 is 0.906 bits per heavy atom. The third kappa shape index (κ3) is 3.87. The molecule has 0 saturated heterocycles. The predicted octanol–water partition coefficient (Wildman–Crippen LogP) is 5.07. The zero-order valence-electron chi connectivity index (χ0n) is 18.1. The van der Waals surface area contributed by atoms with Crippen LogP contribution in [0, 0.1) is 6.92 Å². The van der Waals surface area contributed by atoms with Crippen molar-refractivity contribution in [1.82, 2.24) is 4.90 Å². The fourth-order valence-electron chi connectivity index (χ4n) is 3.88. The summed E-state index contributed by atoms with van der Waals surface area (Å²) in [6.07, 6.45) is 0. The van der Waals surface area contributed by atoms with Gasteiger partial charge >= 0.3 is 0 Å². The Bertz CT molecular complexity index is 1200. The minimum Gasteiger partial charge on any atom is -0.497 e. The Labute approximate surface area is 192 Å². The third-order valence-corrected chi connectivity index (χ3v) is 5.97. The molecule has 162 valence electrons. The lowest BCUT2D eigenvalue weighted by Crippen LogP contribution is -2.34. The molecule has 0 unspecified atom stereocenters. The van der Waals surface area contributed by atoms with Gasteiger partial charge in [0.25, 0.3) is 11.8 Å². The highest BCUT2D eigenvalue weighted by molar-refractivity contribution is 6.46. The first-order valence-electron chi connectivity index (χ1n) is 10.2. The molecule has 0 atom stereocenters. The van der Waals surface area contributed by atoms with Crippen LogP contribution in [0.25, 0.3) is 5.57 Å². The van der Waals surface area contributed by atoms with Crippen LogP contribution in [0.4, 0.5) is 5.69 Å². The zero-order valence-corrected chi connectivity index (χ0v) is 18.9. The molecule has 1 aliphatic rings. The van der Waals surface area contributed by atoms with Crippen molar-refractivity contribution in [1.29, 1.82) is 0 Å². The fourth-order valence-corrected chi connectivity index (χ4v) is 4.05. The molecule has 1 heterocycles. The van der Waals surface area contributed by atoms with Crippen molar-refractivity contribution < 1.29 is 14.3 Å². The molecule has 0 saturated carbocycles. The number of halogens is 1. The minimum atomic E-state index is -0.375. The zero-order chi connectivity index (χ0) is 22.8. The van der Waals surface area contributed by atoms with Crippen LogP contribution in [0.5, 0.6) is 5.75 Å². The molecule has 0 bridgehead atoms. The molecule has 3 aromatic rings. The highest BCUT2D eigenvalue weighted by atomic mass is 35.5. The van der Waals surface area contributed by atoms with E-state index in [0.717, 1.165) is 5.56 Å². The number of carbonyl (C=O) groups excluding carboxylic acids is 2. The first kappa shape index (κ1) is 21.7. The van der Waals surface area contributed by atoms with Crippen LogP contribution in [0.1, 0.15) is 16.7 Å². The normalized spacial score (nSPS) is 13.7. The van der Waals surface area contributed by atoms with Crippen LogP contribution < -0.4 is 9.64 Å². The van der Waals surface area contributed by atoms with Crippen LogP contribution in [0.15, 0.2) is 78.5 Å². The number of nitrogens with zero attached hydrogens (tertiary/aromatic N) is 2. The molecule has 0 N–H and O–H groups in total. The first-order valence-corrected chi connectivity index (χ1v) is 10.6. The molecule has 0 aliphatic carbocycles. The lowest BCUT2D eigenvalue weighted by molar-refractivity contribution is -0.120. The molecular formula is C26H23ClN2O3. The summed E-state index contributed by atoms with van der Waals surface area (Å²) < 4.78 is 5.25. The van der Waals surface area contributed by atoms with Crippen molar-refractivity contribution in [3.63, 3.8) is 0 Å². The van der Waals surface area contributed by atoms with Gasteiger partial charge in [-0.25, -0.2) is 4.90 Å². The van der Waals surface area contributed by atoms with Gasteiger partial charge in [0.2, 0.25) is 0 Å². The summed E-state index contributed by atoms with van der Waals surface area (Å²) in [6, 6.07) is 22.2. The Hall–Kier alpha value is -3.57. The number of carbonyl (C=O) groups is 2. The molecule has 0 radical (unpaired) electrons. The summed E-state index contributed by atoms with van der Waals surface area (Å²) >= 11 is 6.29. The molecule has 6 heteroatoms. The van der Waals surface area contributed by atoms with Crippen molar-refractivity contribution in [3.8, 4) is 5.75 Å². The molecule has 32 heavy (non-hydrogen) atoms. The molecule has 4 rings (SSSR count). The molecule has 0 aromatic heterocycles. The number of benzene rings is 3. The van der Waals surface area contributed by atoms with E-state index < -0.39 is 0 Å². The van der Waals surface area contributed by atoms with Crippen LogP contribution >= 0.6 is 11.6 Å². The first-order chi connectivity index (χ1) is 15.4. The number of hydrogen-bond acceptors (Lipinski definition) is 4. The standard InChI is InChI=1S/C26H23ClN2O3/c1-17-21(27)10-7-11-22(17)29-25(30)23(19-12-14-20(32-3)15-13-19)24(26(29)31)28(2)16-18-8-5-4-6-9-18/h4-15H,16H2,1-3H3. The molecule has 0 fully saturated rings. The minimum absolute atomic E-state index is 0.350. The van der Waals surface area contributed by atoms with Gasteiger partial charge in [0.05, 0.1) is 18.4 Å². The SMILES string of the molecule is COc1ccc(C2=C(N(C)Cc3ccccc3)C(=O)N(c3cccc(Cl)c3C)C2=O)cc1. The van der Waals surface area contributed by atoms with Crippen molar-refractivity contribution in [2.45, 2.75) is 13.5 Å². The van der Waals surface area contributed by atoms with Crippen LogP contribution in [-0.2, 0) is 16.1 Å². The second-order valence-electron chi connectivity index (χ2n) is 7.62. The maximum absolute atomic E-state index is 13.7. The highest BCUT2D eigenvalue weighted by Gasteiger charge is 2.42. The van der Waals surface area contributed by atoms with Crippen LogP contribution in [0.3, 0.4) is 0 Å². The average Bonchev–Trinajstić information content (AvgIpc) is 3.06. The number of methoxy groups -OCH3 is 1. The Balaban J connectivity index is 1.82. The quantitative estimate of drug-likeness (QED) is 0.496. The number of amides is 2. The lowest BCUT2D eigenvalue weighted by Gasteiger charge is -2.22. The van der Waals surface area contributed by atoms with Gasteiger partial charge < -0.3 is 9.64 Å². The monoisotopic (exact) mass is 446 g/mol. The Kier molecular flexibility index (Phi) is 6.01. The Morgan fingerprint density at radius 2 is 1.59 bits per heavy atom. The highest BCUT2D eigenvalue weighted by Crippen LogP contribution is 2.37. The van der Waals surface area contributed by atoms with E-state index in [1.807, 2.05) is 42.3 Å². The predicted molar refractivity (Wildman–Crippen MR) is 127 cm³/mol. The van der Waals surface area contributed by atoms with E-state index in [-0.39, 0.29) is 11.8 Å². The topological polar surface area (TPSA) is 49.9 Å². The molecule has 3 aromatic carbocycles. The molecular weight excluding hydrogens is 424 g/mol. The van der Waals surface area contributed by atoms with Gasteiger partial charge in [-0.05, 0) is 47.9 Å². The van der Waals surface area contributed by atoms with Crippen LogP contribution in [0.2, 0.25) is 5.02 Å². The van der Waals surface area contributed by atoms with Crippen molar-refractivity contribution >= 4 is 34.7 Å². The number of anilines is 1. The van der Waals surface area contributed by atoms with Gasteiger partial charge in [0, 0.05) is 18.6 Å². The summed E-state index contributed by atoms with van der Waals surface area (Å²) in [6.45, 7) is 2.29. The lowest BCUT2D eigenvalue weighted by atomic mass is 10.0. The van der Waals surface area contributed by atoms with E-state index in [4.69, 9.17) is 16.3 Å². The second-order valence-corrected chi connectivity index (χ2v) is 8.03. The van der Waals surface area contributed by atoms with E-state index in [0.29, 0.717) is 45.4 Å². The molecule has 5 nitrogen and oxygen atoms in total. The van der Waals surface area contributed by atoms with Crippen LogP contribution in [-0.4, -0.2) is 30.9 Å². The van der Waals surface area contributed by atoms with E-state index in [1.54, 1.807) is 56.5 Å². The summed E-state index contributed by atoms with van der Waals surface area (Å²) in [7, 11) is 3.41. The van der Waals surface area contributed by atoms with Gasteiger partial charge in [-0.15, -0.1) is 0 Å².